The number of halogens is 1. The summed E-state index contributed by atoms with van der Waals surface area (Å²) in [6.45, 7) is 4.38. The smallest absolute Gasteiger partial charge is 0.130 e. The highest BCUT2D eigenvalue weighted by molar-refractivity contribution is 5.59. The van der Waals surface area contributed by atoms with Crippen LogP contribution in [0.15, 0.2) is 18.2 Å². The van der Waals surface area contributed by atoms with E-state index in [2.05, 4.69) is 0 Å². The summed E-state index contributed by atoms with van der Waals surface area (Å²) in [5.74, 6) is 0.458. The van der Waals surface area contributed by atoms with Crippen molar-refractivity contribution in [3.63, 3.8) is 0 Å². The zero-order chi connectivity index (χ0) is 12.1. The zero-order valence-corrected chi connectivity index (χ0v) is 9.96. The van der Waals surface area contributed by atoms with E-state index < -0.39 is 0 Å². The summed E-state index contributed by atoms with van der Waals surface area (Å²) in [6.07, 6.45) is 3.67. The number of hydrogen-bond acceptors (Lipinski definition) is 2. The summed E-state index contributed by atoms with van der Waals surface area (Å²) in [6, 6.07) is 3.23. The van der Waals surface area contributed by atoms with Gasteiger partial charge in [0, 0.05) is 18.2 Å². The predicted octanol–water partition coefficient (Wildman–Crippen LogP) is 2.93. The van der Waals surface area contributed by atoms with E-state index in [0.29, 0.717) is 17.9 Å². The molecule has 0 radical (unpaired) electrons. The summed E-state index contributed by atoms with van der Waals surface area (Å²) in [5, 5.41) is 0. The van der Waals surface area contributed by atoms with E-state index in [1.165, 1.54) is 13.2 Å². The van der Waals surface area contributed by atoms with Crippen LogP contribution >= 0.6 is 0 Å². The molecule has 0 heterocycles. The molecule has 0 aliphatic rings. The topological polar surface area (TPSA) is 35.2 Å². The van der Waals surface area contributed by atoms with Gasteiger partial charge in [0.25, 0.3) is 0 Å². The molecule has 0 aliphatic heterocycles. The lowest BCUT2D eigenvalue weighted by Gasteiger charge is -2.11. The number of ether oxygens (including phenoxy) is 1. The van der Waals surface area contributed by atoms with Gasteiger partial charge in [-0.1, -0.05) is 26.0 Å². The maximum Gasteiger partial charge on any atom is 0.130 e. The predicted molar refractivity (Wildman–Crippen MR) is 65.1 cm³/mol. The highest BCUT2D eigenvalue weighted by Crippen LogP contribution is 2.28. The molecule has 88 valence electrons. The molecule has 0 amide bonds. The molecule has 2 nitrogen and oxygen atoms in total. The van der Waals surface area contributed by atoms with Crippen LogP contribution in [-0.2, 0) is 0 Å². The Labute approximate surface area is 95.9 Å². The molecule has 1 aromatic rings. The zero-order valence-electron chi connectivity index (χ0n) is 9.96. The molecule has 0 spiro atoms. The van der Waals surface area contributed by atoms with Gasteiger partial charge in [0.1, 0.15) is 11.6 Å². The Hall–Kier alpha value is -1.35. The highest BCUT2D eigenvalue weighted by atomic mass is 19.1. The van der Waals surface area contributed by atoms with Crippen molar-refractivity contribution in [2.75, 3.05) is 13.7 Å². The van der Waals surface area contributed by atoms with Gasteiger partial charge in [0.05, 0.1) is 7.11 Å². The minimum Gasteiger partial charge on any atom is -0.496 e. The van der Waals surface area contributed by atoms with E-state index >= 15 is 0 Å². The Kier molecular flexibility index (Phi) is 4.50. The molecule has 1 rings (SSSR count). The summed E-state index contributed by atoms with van der Waals surface area (Å²) in [7, 11) is 1.53. The van der Waals surface area contributed by atoms with Gasteiger partial charge < -0.3 is 10.5 Å². The van der Waals surface area contributed by atoms with Crippen LogP contribution in [0.1, 0.15) is 30.9 Å². The Morgan fingerprint density at radius 1 is 1.44 bits per heavy atom. The minimum atomic E-state index is -0.225. The highest BCUT2D eigenvalue weighted by Gasteiger charge is 2.11. The molecule has 1 aromatic carbocycles. The monoisotopic (exact) mass is 223 g/mol. The second-order valence-corrected chi connectivity index (χ2v) is 3.91. The fourth-order valence-corrected chi connectivity index (χ4v) is 1.53. The minimum absolute atomic E-state index is 0.149. The van der Waals surface area contributed by atoms with Gasteiger partial charge in [0.15, 0.2) is 0 Å². The number of nitrogens with two attached hydrogens (primary N) is 1. The second kappa shape index (κ2) is 5.66. The Morgan fingerprint density at radius 2 is 2.12 bits per heavy atom. The van der Waals surface area contributed by atoms with Crippen LogP contribution in [0.25, 0.3) is 6.08 Å². The standard InChI is InChI=1S/C13H18FNO/c1-9(2)11-7-10(5-4-6-15)13(16-3)8-12(11)14/h4-5,7-9H,6,15H2,1-3H3/b5-4+. The molecule has 0 saturated heterocycles. The average molecular weight is 223 g/mol. The van der Waals surface area contributed by atoms with Crippen LogP contribution in [0.5, 0.6) is 5.75 Å². The molecule has 2 N–H and O–H groups in total. The van der Waals surface area contributed by atoms with E-state index in [0.717, 1.165) is 5.56 Å². The van der Waals surface area contributed by atoms with Crippen molar-refractivity contribution >= 4 is 6.08 Å². The van der Waals surface area contributed by atoms with Gasteiger partial charge in [-0.25, -0.2) is 4.39 Å². The Morgan fingerprint density at radius 3 is 2.62 bits per heavy atom. The van der Waals surface area contributed by atoms with Crippen LogP contribution in [0, 0.1) is 5.82 Å². The third kappa shape index (κ3) is 2.83. The van der Waals surface area contributed by atoms with Crippen molar-refractivity contribution in [1.29, 1.82) is 0 Å². The molecule has 0 saturated carbocycles. The molecular weight excluding hydrogens is 205 g/mol. The van der Waals surface area contributed by atoms with E-state index in [-0.39, 0.29) is 11.7 Å². The van der Waals surface area contributed by atoms with Gasteiger partial charge in [-0.3, -0.25) is 0 Å². The molecule has 0 fully saturated rings. The lowest BCUT2D eigenvalue weighted by atomic mass is 9.99. The van der Waals surface area contributed by atoms with Gasteiger partial charge >= 0.3 is 0 Å². The van der Waals surface area contributed by atoms with Crippen LogP contribution in [-0.4, -0.2) is 13.7 Å². The number of benzene rings is 1. The molecule has 0 atom stereocenters. The summed E-state index contributed by atoms with van der Waals surface area (Å²) in [5.41, 5.74) is 6.95. The Bertz CT molecular complexity index is 386. The van der Waals surface area contributed by atoms with Crippen molar-refractivity contribution in [2.45, 2.75) is 19.8 Å². The SMILES string of the molecule is COc1cc(F)c(C(C)C)cc1/C=C/CN. The van der Waals surface area contributed by atoms with Gasteiger partial charge in [-0.15, -0.1) is 0 Å². The first-order valence-corrected chi connectivity index (χ1v) is 5.34. The lowest BCUT2D eigenvalue weighted by Crippen LogP contribution is -1.98. The van der Waals surface area contributed by atoms with Crippen molar-refractivity contribution in [1.82, 2.24) is 0 Å². The first-order valence-electron chi connectivity index (χ1n) is 5.34. The van der Waals surface area contributed by atoms with Crippen molar-refractivity contribution in [3.8, 4) is 5.75 Å². The summed E-state index contributed by atoms with van der Waals surface area (Å²) >= 11 is 0. The van der Waals surface area contributed by atoms with Crippen molar-refractivity contribution < 1.29 is 9.13 Å². The van der Waals surface area contributed by atoms with Crippen molar-refractivity contribution in [3.05, 3.63) is 35.2 Å². The maximum atomic E-state index is 13.7. The molecule has 3 heteroatoms. The molecule has 0 aliphatic carbocycles. The van der Waals surface area contributed by atoms with Gasteiger partial charge in [-0.05, 0) is 17.5 Å². The second-order valence-electron chi connectivity index (χ2n) is 3.91. The van der Waals surface area contributed by atoms with E-state index in [9.17, 15) is 4.39 Å². The van der Waals surface area contributed by atoms with E-state index in [1.54, 1.807) is 0 Å². The van der Waals surface area contributed by atoms with Gasteiger partial charge in [-0.2, -0.15) is 0 Å². The third-order valence-electron chi connectivity index (χ3n) is 2.40. The fraction of sp³-hybridized carbons (Fsp3) is 0.385. The quantitative estimate of drug-likeness (QED) is 0.851. The fourth-order valence-electron chi connectivity index (χ4n) is 1.53. The summed E-state index contributed by atoms with van der Waals surface area (Å²) < 4.78 is 18.8. The van der Waals surface area contributed by atoms with Crippen LogP contribution in [0.3, 0.4) is 0 Å². The average Bonchev–Trinajstić information content (AvgIpc) is 2.26. The molecule has 16 heavy (non-hydrogen) atoms. The first kappa shape index (κ1) is 12.7. The molecule has 0 unspecified atom stereocenters. The molecule has 0 aromatic heterocycles. The van der Waals surface area contributed by atoms with Gasteiger partial charge in [0.2, 0.25) is 0 Å². The number of hydrogen-bond donors (Lipinski definition) is 1. The largest absolute Gasteiger partial charge is 0.496 e. The van der Waals surface area contributed by atoms with E-state index in [1.807, 2.05) is 32.1 Å². The van der Waals surface area contributed by atoms with E-state index in [4.69, 9.17) is 10.5 Å². The van der Waals surface area contributed by atoms with Crippen LogP contribution in [0.2, 0.25) is 0 Å². The molecule has 0 bridgehead atoms. The third-order valence-corrected chi connectivity index (χ3v) is 2.40. The number of rotatable bonds is 4. The van der Waals surface area contributed by atoms with Crippen LogP contribution in [0.4, 0.5) is 4.39 Å². The maximum absolute atomic E-state index is 13.7. The van der Waals surface area contributed by atoms with Crippen LogP contribution < -0.4 is 10.5 Å². The summed E-state index contributed by atoms with van der Waals surface area (Å²) in [4.78, 5) is 0. The van der Waals surface area contributed by atoms with Crippen molar-refractivity contribution in [2.24, 2.45) is 5.73 Å². The normalized spacial score (nSPS) is 11.4. The lowest BCUT2D eigenvalue weighted by molar-refractivity contribution is 0.409. The number of methoxy groups -OCH3 is 1. The first-order chi connectivity index (χ1) is 7.60. The Balaban J connectivity index is 3.23. The molecular formula is C13H18FNO.